The second kappa shape index (κ2) is 6.18. The number of carbonyl (C=O) groups excluding carboxylic acids is 1. The molecule has 0 aromatic rings. The molecule has 0 bridgehead atoms. The Kier molecular flexibility index (Phi) is 5.16. The van der Waals surface area contributed by atoms with Crippen molar-refractivity contribution in [3.63, 3.8) is 0 Å². The number of Topliss-reactive ketones (excluding diaryl/α,β-unsaturated/α-hetero) is 1. The van der Waals surface area contributed by atoms with E-state index in [1.807, 2.05) is 0 Å². The lowest BCUT2D eigenvalue weighted by atomic mass is 9.91. The summed E-state index contributed by atoms with van der Waals surface area (Å²) in [6.45, 7) is 7.68. The lowest BCUT2D eigenvalue weighted by Crippen LogP contribution is -2.34. The molecule has 1 fully saturated rings. The third kappa shape index (κ3) is 4.23. The molecule has 0 unspecified atom stereocenters. The molecule has 2 heteroatoms. The van der Waals surface area contributed by atoms with Crippen molar-refractivity contribution in [2.75, 3.05) is 19.6 Å². The minimum Gasteiger partial charge on any atom is -0.303 e. The third-order valence-corrected chi connectivity index (χ3v) is 3.15. The molecular formula is C12H23NO. The molecule has 0 amide bonds. The minimum absolute atomic E-state index is 0.348. The summed E-state index contributed by atoms with van der Waals surface area (Å²) in [5.41, 5.74) is 0. The maximum absolute atomic E-state index is 10.8. The van der Waals surface area contributed by atoms with E-state index in [-0.39, 0.29) is 0 Å². The fourth-order valence-electron chi connectivity index (χ4n) is 2.22. The van der Waals surface area contributed by atoms with E-state index in [9.17, 15) is 4.79 Å². The van der Waals surface area contributed by atoms with Crippen LogP contribution in [0.2, 0.25) is 0 Å². The molecule has 1 aliphatic heterocycles. The Morgan fingerprint density at radius 2 is 2.00 bits per heavy atom. The van der Waals surface area contributed by atoms with Crippen LogP contribution in [-0.4, -0.2) is 30.3 Å². The van der Waals surface area contributed by atoms with Gasteiger partial charge in [0.1, 0.15) is 5.78 Å². The van der Waals surface area contributed by atoms with Crippen molar-refractivity contribution in [3.05, 3.63) is 0 Å². The average molecular weight is 197 g/mol. The van der Waals surface area contributed by atoms with Crippen LogP contribution in [0.1, 0.15) is 46.0 Å². The van der Waals surface area contributed by atoms with Gasteiger partial charge in [-0.3, -0.25) is 0 Å². The Bertz CT molecular complexity index is 171. The van der Waals surface area contributed by atoms with Crippen molar-refractivity contribution in [1.29, 1.82) is 0 Å². The summed E-state index contributed by atoms with van der Waals surface area (Å²) in [6.07, 6.45) is 5.77. The highest BCUT2D eigenvalue weighted by molar-refractivity contribution is 5.75. The zero-order valence-corrected chi connectivity index (χ0v) is 9.59. The first kappa shape index (κ1) is 11.7. The smallest absolute Gasteiger partial charge is 0.129 e. The molecule has 0 radical (unpaired) electrons. The van der Waals surface area contributed by atoms with E-state index in [1.54, 1.807) is 6.92 Å². The highest BCUT2D eigenvalue weighted by Gasteiger charge is 2.18. The fourth-order valence-corrected chi connectivity index (χ4v) is 2.22. The topological polar surface area (TPSA) is 20.3 Å². The van der Waals surface area contributed by atoms with Crippen molar-refractivity contribution in [1.82, 2.24) is 4.90 Å². The molecule has 0 N–H and O–H groups in total. The van der Waals surface area contributed by atoms with Crippen molar-refractivity contribution in [2.45, 2.75) is 46.0 Å². The normalized spacial score (nSPS) is 19.9. The van der Waals surface area contributed by atoms with Crippen LogP contribution in [0.25, 0.3) is 0 Å². The Balaban J connectivity index is 2.12. The summed E-state index contributed by atoms with van der Waals surface area (Å²) >= 11 is 0. The van der Waals surface area contributed by atoms with Gasteiger partial charge in [0.05, 0.1) is 0 Å². The van der Waals surface area contributed by atoms with Gasteiger partial charge in [-0.15, -0.1) is 0 Å². The molecule has 14 heavy (non-hydrogen) atoms. The van der Waals surface area contributed by atoms with Gasteiger partial charge in [-0.2, -0.15) is 0 Å². The predicted octanol–water partition coefficient (Wildman–Crippen LogP) is 2.48. The van der Waals surface area contributed by atoms with Gasteiger partial charge in [-0.05, 0) is 58.2 Å². The van der Waals surface area contributed by atoms with Crippen LogP contribution in [0.4, 0.5) is 0 Å². The second-order valence-corrected chi connectivity index (χ2v) is 4.53. The summed E-state index contributed by atoms with van der Waals surface area (Å²) in [4.78, 5) is 13.4. The molecule has 0 atom stereocenters. The van der Waals surface area contributed by atoms with Crippen molar-refractivity contribution in [2.24, 2.45) is 5.92 Å². The van der Waals surface area contributed by atoms with Crippen LogP contribution in [0.15, 0.2) is 0 Å². The summed E-state index contributed by atoms with van der Waals surface area (Å²) in [5.74, 6) is 1.16. The van der Waals surface area contributed by atoms with Crippen LogP contribution in [0.3, 0.4) is 0 Å². The summed E-state index contributed by atoms with van der Waals surface area (Å²) in [5, 5.41) is 0. The molecule has 0 saturated carbocycles. The Morgan fingerprint density at radius 3 is 2.50 bits per heavy atom. The van der Waals surface area contributed by atoms with Gasteiger partial charge >= 0.3 is 0 Å². The largest absolute Gasteiger partial charge is 0.303 e. The summed E-state index contributed by atoms with van der Waals surface area (Å²) in [6, 6.07) is 0. The number of hydrogen-bond acceptors (Lipinski definition) is 2. The van der Waals surface area contributed by atoms with Gasteiger partial charge < -0.3 is 9.69 Å². The monoisotopic (exact) mass is 197 g/mol. The van der Waals surface area contributed by atoms with Gasteiger partial charge in [0.25, 0.3) is 0 Å². The van der Waals surface area contributed by atoms with Crippen LogP contribution < -0.4 is 0 Å². The number of ketones is 1. The molecule has 1 saturated heterocycles. The Labute approximate surface area is 87.7 Å². The van der Waals surface area contributed by atoms with Gasteiger partial charge in [0.2, 0.25) is 0 Å². The highest BCUT2D eigenvalue weighted by Crippen LogP contribution is 2.21. The number of carbonyl (C=O) groups is 1. The number of piperidine rings is 1. The number of hydrogen-bond donors (Lipinski definition) is 0. The SMILES string of the molecule is CCCN1CCC(CCC(C)=O)CC1. The standard InChI is InChI=1S/C12H23NO/c1-3-8-13-9-6-12(7-10-13)5-4-11(2)14/h12H,3-10H2,1-2H3. The van der Waals surface area contributed by atoms with E-state index >= 15 is 0 Å². The molecule has 1 aliphatic rings. The van der Waals surface area contributed by atoms with Crippen LogP contribution in [0, 0.1) is 5.92 Å². The maximum atomic E-state index is 10.8. The third-order valence-electron chi connectivity index (χ3n) is 3.15. The molecule has 0 aromatic heterocycles. The number of likely N-dealkylation sites (tertiary alicyclic amines) is 1. The quantitative estimate of drug-likeness (QED) is 0.675. The first-order valence-electron chi connectivity index (χ1n) is 5.94. The van der Waals surface area contributed by atoms with Crippen molar-refractivity contribution >= 4 is 5.78 Å². The van der Waals surface area contributed by atoms with E-state index in [0.717, 1.165) is 18.8 Å². The second-order valence-electron chi connectivity index (χ2n) is 4.53. The van der Waals surface area contributed by atoms with E-state index < -0.39 is 0 Å². The molecule has 0 aliphatic carbocycles. The zero-order valence-electron chi connectivity index (χ0n) is 9.59. The van der Waals surface area contributed by atoms with Gasteiger partial charge in [-0.1, -0.05) is 6.92 Å². The van der Waals surface area contributed by atoms with Crippen molar-refractivity contribution in [3.8, 4) is 0 Å². The fraction of sp³-hybridized carbons (Fsp3) is 0.917. The average Bonchev–Trinajstić information content (AvgIpc) is 2.17. The summed E-state index contributed by atoms with van der Waals surface area (Å²) in [7, 11) is 0. The molecule has 82 valence electrons. The molecular weight excluding hydrogens is 174 g/mol. The molecule has 0 spiro atoms. The molecule has 1 heterocycles. The Hall–Kier alpha value is -0.370. The molecule has 0 aromatic carbocycles. The van der Waals surface area contributed by atoms with E-state index in [1.165, 1.54) is 38.9 Å². The first-order valence-corrected chi connectivity index (χ1v) is 5.94. The van der Waals surface area contributed by atoms with E-state index in [2.05, 4.69) is 11.8 Å². The highest BCUT2D eigenvalue weighted by atomic mass is 16.1. The Morgan fingerprint density at radius 1 is 1.36 bits per heavy atom. The minimum atomic E-state index is 0.348. The molecule has 2 nitrogen and oxygen atoms in total. The van der Waals surface area contributed by atoms with Crippen LogP contribution in [-0.2, 0) is 4.79 Å². The molecule has 1 rings (SSSR count). The lowest BCUT2D eigenvalue weighted by Gasteiger charge is -2.31. The number of nitrogens with zero attached hydrogens (tertiary/aromatic N) is 1. The van der Waals surface area contributed by atoms with Gasteiger partial charge in [-0.25, -0.2) is 0 Å². The zero-order chi connectivity index (χ0) is 10.4. The van der Waals surface area contributed by atoms with Crippen LogP contribution >= 0.6 is 0 Å². The van der Waals surface area contributed by atoms with E-state index in [4.69, 9.17) is 0 Å². The number of rotatable bonds is 5. The van der Waals surface area contributed by atoms with E-state index in [0.29, 0.717) is 5.78 Å². The lowest BCUT2D eigenvalue weighted by molar-refractivity contribution is -0.117. The van der Waals surface area contributed by atoms with Gasteiger partial charge in [0.15, 0.2) is 0 Å². The van der Waals surface area contributed by atoms with Gasteiger partial charge in [0, 0.05) is 6.42 Å². The van der Waals surface area contributed by atoms with Crippen molar-refractivity contribution < 1.29 is 4.79 Å². The summed E-state index contributed by atoms with van der Waals surface area (Å²) < 4.78 is 0. The first-order chi connectivity index (χ1) is 6.72. The van der Waals surface area contributed by atoms with Crippen LogP contribution in [0.5, 0.6) is 0 Å². The maximum Gasteiger partial charge on any atom is 0.129 e. The predicted molar refractivity (Wildman–Crippen MR) is 59.4 cm³/mol.